The molecule has 0 spiro atoms. The molecule has 158 valence electrons. The quantitative estimate of drug-likeness (QED) is 0.713. The second-order valence-corrected chi connectivity index (χ2v) is 7.54. The van der Waals surface area contributed by atoms with E-state index in [2.05, 4.69) is 11.9 Å². The predicted octanol–water partition coefficient (Wildman–Crippen LogP) is 2.68. The number of methoxy groups -OCH3 is 1. The molecule has 1 saturated carbocycles. The molecule has 1 heterocycles. The third-order valence-electron chi connectivity index (χ3n) is 5.59. The van der Waals surface area contributed by atoms with Crippen LogP contribution in [0.25, 0.3) is 0 Å². The van der Waals surface area contributed by atoms with E-state index in [4.69, 9.17) is 9.47 Å². The Morgan fingerprint density at radius 2 is 2.03 bits per heavy atom. The number of ether oxygens (including phenoxy) is 2. The number of morpholine rings is 1. The van der Waals surface area contributed by atoms with Gasteiger partial charge in [-0.15, -0.1) is 6.58 Å². The molecule has 1 aromatic rings. The summed E-state index contributed by atoms with van der Waals surface area (Å²) in [7, 11) is 1.61. The zero-order valence-corrected chi connectivity index (χ0v) is 17.1. The van der Waals surface area contributed by atoms with Gasteiger partial charge in [0.05, 0.1) is 26.4 Å². The Balaban J connectivity index is 1.69. The van der Waals surface area contributed by atoms with E-state index in [9.17, 15) is 9.59 Å². The molecule has 29 heavy (non-hydrogen) atoms. The lowest BCUT2D eigenvalue weighted by Crippen LogP contribution is -2.54. The van der Waals surface area contributed by atoms with Crippen molar-refractivity contribution in [3.63, 3.8) is 0 Å². The van der Waals surface area contributed by atoms with Crippen molar-refractivity contribution >= 4 is 11.9 Å². The number of urea groups is 1. The first kappa shape index (κ1) is 21.2. The van der Waals surface area contributed by atoms with Crippen molar-refractivity contribution < 1.29 is 19.1 Å². The van der Waals surface area contributed by atoms with Crippen LogP contribution >= 0.6 is 0 Å². The van der Waals surface area contributed by atoms with Gasteiger partial charge in [0.2, 0.25) is 0 Å². The highest BCUT2D eigenvalue weighted by molar-refractivity contribution is 5.94. The van der Waals surface area contributed by atoms with E-state index in [1.165, 1.54) is 0 Å². The summed E-state index contributed by atoms with van der Waals surface area (Å²) in [6.45, 7) is 6.05. The average Bonchev–Trinajstić information content (AvgIpc) is 3.30. The van der Waals surface area contributed by atoms with Crippen LogP contribution < -0.4 is 10.1 Å². The van der Waals surface area contributed by atoms with Crippen molar-refractivity contribution in [3.8, 4) is 5.75 Å². The molecular formula is C22H31N3O4. The van der Waals surface area contributed by atoms with Gasteiger partial charge in [0.15, 0.2) is 0 Å². The molecule has 3 rings (SSSR count). The summed E-state index contributed by atoms with van der Waals surface area (Å²) in [6, 6.07) is 7.33. The zero-order valence-electron chi connectivity index (χ0n) is 17.1. The molecule has 1 atom stereocenters. The second kappa shape index (κ2) is 10.3. The van der Waals surface area contributed by atoms with Crippen molar-refractivity contribution in [2.75, 3.05) is 39.9 Å². The first-order chi connectivity index (χ1) is 14.1. The summed E-state index contributed by atoms with van der Waals surface area (Å²) in [5.74, 6) is 0.738. The van der Waals surface area contributed by atoms with Crippen molar-refractivity contribution in [2.45, 2.75) is 37.8 Å². The van der Waals surface area contributed by atoms with Crippen LogP contribution in [0.15, 0.2) is 36.9 Å². The van der Waals surface area contributed by atoms with Gasteiger partial charge in [0.1, 0.15) is 5.75 Å². The molecule has 1 unspecified atom stereocenters. The second-order valence-electron chi connectivity index (χ2n) is 7.54. The number of hydrogen-bond donors (Lipinski definition) is 1. The molecular weight excluding hydrogens is 370 g/mol. The highest BCUT2D eigenvalue weighted by atomic mass is 16.5. The summed E-state index contributed by atoms with van der Waals surface area (Å²) >= 11 is 0. The number of carbonyl (C=O) groups excluding carboxylic acids is 2. The normalized spacial score (nSPS) is 19.6. The van der Waals surface area contributed by atoms with Crippen LogP contribution in [-0.2, 0) is 4.74 Å². The summed E-state index contributed by atoms with van der Waals surface area (Å²) in [5.41, 5.74) is 0.647. The summed E-state index contributed by atoms with van der Waals surface area (Å²) in [5, 5.41) is 2.81. The smallest absolute Gasteiger partial charge is 0.317 e. The maximum Gasteiger partial charge on any atom is 0.317 e. The van der Waals surface area contributed by atoms with Gasteiger partial charge in [-0.25, -0.2) is 4.79 Å². The summed E-state index contributed by atoms with van der Waals surface area (Å²) in [6.07, 6.45) is 5.76. The van der Waals surface area contributed by atoms with Gasteiger partial charge in [-0.2, -0.15) is 0 Å². The molecule has 2 fully saturated rings. The maximum atomic E-state index is 13.3. The van der Waals surface area contributed by atoms with Crippen molar-refractivity contribution in [1.29, 1.82) is 0 Å². The fourth-order valence-corrected chi connectivity index (χ4v) is 4.02. The van der Waals surface area contributed by atoms with Crippen LogP contribution in [0.2, 0.25) is 0 Å². The van der Waals surface area contributed by atoms with Crippen LogP contribution in [0.3, 0.4) is 0 Å². The van der Waals surface area contributed by atoms with Crippen LogP contribution in [0.1, 0.15) is 36.0 Å². The Kier molecular flexibility index (Phi) is 7.52. The first-order valence-corrected chi connectivity index (χ1v) is 10.3. The Morgan fingerprint density at radius 3 is 2.69 bits per heavy atom. The standard InChI is InChI=1S/C22H31N3O4/c1-3-12-23-22(27)24-13-14-29-20(15-24)16-25(18-6-4-5-7-18)21(26)17-8-10-19(28-2)11-9-17/h3,8-11,18,20H,1,4-7,12-16H2,2H3,(H,23,27). The third-order valence-corrected chi connectivity index (χ3v) is 5.59. The number of amides is 3. The van der Waals surface area contributed by atoms with Crippen LogP contribution in [0.5, 0.6) is 5.75 Å². The van der Waals surface area contributed by atoms with E-state index < -0.39 is 0 Å². The van der Waals surface area contributed by atoms with Gasteiger partial charge in [-0.3, -0.25) is 4.79 Å². The fourth-order valence-electron chi connectivity index (χ4n) is 4.02. The fraction of sp³-hybridized carbons (Fsp3) is 0.545. The van der Waals surface area contributed by atoms with Gasteiger partial charge in [0, 0.05) is 31.2 Å². The molecule has 0 aromatic heterocycles. The third kappa shape index (κ3) is 5.50. The number of nitrogens with zero attached hydrogens (tertiary/aromatic N) is 2. The van der Waals surface area contributed by atoms with Crippen LogP contribution in [-0.4, -0.2) is 73.8 Å². The Hall–Kier alpha value is -2.54. The van der Waals surface area contributed by atoms with E-state index in [-0.39, 0.29) is 24.1 Å². The van der Waals surface area contributed by atoms with E-state index in [1.54, 1.807) is 30.2 Å². The van der Waals surface area contributed by atoms with E-state index in [1.807, 2.05) is 17.0 Å². The van der Waals surface area contributed by atoms with Crippen molar-refractivity contribution in [2.24, 2.45) is 0 Å². The molecule has 1 saturated heterocycles. The van der Waals surface area contributed by atoms with E-state index in [0.717, 1.165) is 31.4 Å². The maximum absolute atomic E-state index is 13.3. The first-order valence-electron chi connectivity index (χ1n) is 10.3. The molecule has 1 aliphatic carbocycles. The number of benzene rings is 1. The average molecular weight is 402 g/mol. The lowest BCUT2D eigenvalue weighted by atomic mass is 10.1. The van der Waals surface area contributed by atoms with E-state index in [0.29, 0.717) is 38.3 Å². The zero-order chi connectivity index (χ0) is 20.6. The molecule has 7 nitrogen and oxygen atoms in total. The number of nitrogens with one attached hydrogen (secondary N) is 1. The summed E-state index contributed by atoms with van der Waals surface area (Å²) in [4.78, 5) is 29.3. The minimum atomic E-state index is -0.193. The topological polar surface area (TPSA) is 71.1 Å². The largest absolute Gasteiger partial charge is 0.497 e. The van der Waals surface area contributed by atoms with Gasteiger partial charge in [0.25, 0.3) is 5.91 Å². The highest BCUT2D eigenvalue weighted by Crippen LogP contribution is 2.26. The number of hydrogen-bond acceptors (Lipinski definition) is 4. The van der Waals surface area contributed by atoms with Gasteiger partial charge >= 0.3 is 6.03 Å². The summed E-state index contributed by atoms with van der Waals surface area (Å²) < 4.78 is 11.1. The highest BCUT2D eigenvalue weighted by Gasteiger charge is 2.32. The monoisotopic (exact) mass is 401 g/mol. The Morgan fingerprint density at radius 1 is 1.31 bits per heavy atom. The molecule has 7 heteroatoms. The molecule has 1 aromatic carbocycles. The number of rotatable bonds is 7. The Labute approximate surface area is 172 Å². The van der Waals surface area contributed by atoms with Crippen molar-refractivity contribution in [1.82, 2.24) is 15.1 Å². The predicted molar refractivity (Wildman–Crippen MR) is 111 cm³/mol. The molecule has 0 bridgehead atoms. The molecule has 2 aliphatic rings. The van der Waals surface area contributed by atoms with E-state index >= 15 is 0 Å². The Bertz CT molecular complexity index is 701. The molecule has 1 aliphatic heterocycles. The van der Waals surface area contributed by atoms with Crippen LogP contribution in [0, 0.1) is 0 Å². The number of carbonyl (C=O) groups is 2. The lowest BCUT2D eigenvalue weighted by Gasteiger charge is -2.37. The van der Waals surface area contributed by atoms with Gasteiger partial charge < -0.3 is 24.6 Å². The van der Waals surface area contributed by atoms with Crippen LogP contribution in [0.4, 0.5) is 4.79 Å². The van der Waals surface area contributed by atoms with Crippen molar-refractivity contribution in [3.05, 3.63) is 42.5 Å². The van der Waals surface area contributed by atoms with Gasteiger partial charge in [-0.1, -0.05) is 18.9 Å². The molecule has 3 amide bonds. The molecule has 1 N–H and O–H groups in total. The van der Waals surface area contributed by atoms with Gasteiger partial charge in [-0.05, 0) is 37.1 Å². The lowest BCUT2D eigenvalue weighted by molar-refractivity contribution is -0.0321. The molecule has 0 radical (unpaired) electrons. The minimum Gasteiger partial charge on any atom is -0.497 e. The minimum absolute atomic E-state index is 0.0105. The SMILES string of the molecule is C=CCNC(=O)N1CCOC(CN(C(=O)c2ccc(OC)cc2)C2CCCC2)C1.